The van der Waals surface area contributed by atoms with Gasteiger partial charge in [-0.1, -0.05) is 19.8 Å². The Morgan fingerprint density at radius 2 is 2.21 bits per heavy atom. The van der Waals surface area contributed by atoms with E-state index in [2.05, 4.69) is 27.9 Å². The van der Waals surface area contributed by atoms with E-state index in [1.165, 1.54) is 19.3 Å². The molecule has 0 unspecified atom stereocenters. The lowest BCUT2D eigenvalue weighted by molar-refractivity contribution is 0.251. The molecule has 0 bridgehead atoms. The minimum atomic E-state index is -0.168. The highest BCUT2D eigenvalue weighted by Crippen LogP contribution is 2.18. The number of urea groups is 1. The number of hydrogen-bond donors (Lipinski definition) is 3. The van der Waals surface area contributed by atoms with Gasteiger partial charge in [0.05, 0.1) is 11.9 Å². The van der Waals surface area contributed by atoms with Crippen molar-refractivity contribution >= 4 is 17.5 Å². The molecule has 1 aliphatic carbocycles. The first kappa shape index (κ1) is 13.6. The predicted molar refractivity (Wildman–Crippen MR) is 77.4 cm³/mol. The SMILES string of the molecule is CCCCCNc1ccc(NC(=O)NC2CC2)nc1. The molecule has 1 aromatic rings. The Kier molecular flexibility index (Phi) is 5.01. The lowest BCUT2D eigenvalue weighted by Gasteiger charge is -2.08. The van der Waals surface area contributed by atoms with Gasteiger partial charge in [0, 0.05) is 12.6 Å². The van der Waals surface area contributed by atoms with Gasteiger partial charge in [0.15, 0.2) is 0 Å². The van der Waals surface area contributed by atoms with Crippen molar-refractivity contribution in [2.24, 2.45) is 0 Å². The van der Waals surface area contributed by atoms with E-state index in [0.717, 1.165) is 25.1 Å². The van der Waals surface area contributed by atoms with Crippen LogP contribution in [-0.2, 0) is 0 Å². The maximum absolute atomic E-state index is 11.5. The van der Waals surface area contributed by atoms with Gasteiger partial charge in [0.1, 0.15) is 5.82 Å². The molecule has 104 valence electrons. The quantitative estimate of drug-likeness (QED) is 0.662. The van der Waals surface area contributed by atoms with Gasteiger partial charge in [0.25, 0.3) is 0 Å². The Bertz CT molecular complexity index is 400. The van der Waals surface area contributed by atoms with Crippen molar-refractivity contribution in [3.63, 3.8) is 0 Å². The number of anilines is 2. The van der Waals surface area contributed by atoms with Crippen molar-refractivity contribution in [1.29, 1.82) is 0 Å². The summed E-state index contributed by atoms with van der Waals surface area (Å²) in [5.74, 6) is 0.581. The largest absolute Gasteiger partial charge is 0.384 e. The van der Waals surface area contributed by atoms with Crippen LogP contribution in [0.2, 0.25) is 0 Å². The molecule has 1 heterocycles. The lowest BCUT2D eigenvalue weighted by Crippen LogP contribution is -2.30. The van der Waals surface area contributed by atoms with Crippen LogP contribution < -0.4 is 16.0 Å². The molecule has 1 aliphatic rings. The summed E-state index contributed by atoms with van der Waals surface area (Å²) in [5, 5.41) is 8.90. The van der Waals surface area contributed by atoms with Crippen LogP contribution in [0.1, 0.15) is 39.0 Å². The summed E-state index contributed by atoms with van der Waals surface area (Å²) in [4.78, 5) is 15.7. The Morgan fingerprint density at radius 3 is 2.84 bits per heavy atom. The molecule has 2 rings (SSSR count). The molecule has 0 radical (unpaired) electrons. The van der Waals surface area contributed by atoms with E-state index in [1.807, 2.05) is 12.1 Å². The number of carbonyl (C=O) groups excluding carboxylic acids is 1. The second kappa shape index (κ2) is 6.97. The summed E-state index contributed by atoms with van der Waals surface area (Å²) < 4.78 is 0. The van der Waals surface area contributed by atoms with Crippen molar-refractivity contribution in [3.05, 3.63) is 18.3 Å². The van der Waals surface area contributed by atoms with Gasteiger partial charge in [-0.2, -0.15) is 0 Å². The normalized spacial score (nSPS) is 13.9. The molecule has 1 aromatic heterocycles. The third kappa shape index (κ3) is 5.16. The Labute approximate surface area is 114 Å². The molecule has 0 saturated heterocycles. The van der Waals surface area contributed by atoms with E-state index < -0.39 is 0 Å². The molecule has 3 N–H and O–H groups in total. The number of unbranched alkanes of at least 4 members (excludes halogenated alkanes) is 2. The van der Waals surface area contributed by atoms with Crippen molar-refractivity contribution in [2.75, 3.05) is 17.2 Å². The van der Waals surface area contributed by atoms with Crippen LogP contribution in [0.4, 0.5) is 16.3 Å². The zero-order valence-electron chi connectivity index (χ0n) is 11.4. The van der Waals surface area contributed by atoms with Gasteiger partial charge in [-0.25, -0.2) is 9.78 Å². The number of nitrogens with one attached hydrogen (secondary N) is 3. The highest BCUT2D eigenvalue weighted by molar-refractivity contribution is 5.88. The highest BCUT2D eigenvalue weighted by Gasteiger charge is 2.23. The molecule has 5 nitrogen and oxygen atoms in total. The van der Waals surface area contributed by atoms with Crippen molar-refractivity contribution in [2.45, 2.75) is 45.1 Å². The van der Waals surface area contributed by atoms with Gasteiger partial charge in [-0.3, -0.25) is 5.32 Å². The minimum Gasteiger partial charge on any atom is -0.384 e. The molecular formula is C14H22N4O. The fourth-order valence-corrected chi connectivity index (χ4v) is 1.75. The third-order valence-electron chi connectivity index (χ3n) is 3.03. The predicted octanol–water partition coefficient (Wildman–Crippen LogP) is 2.97. The molecule has 0 aromatic carbocycles. The first-order valence-electron chi connectivity index (χ1n) is 7.05. The Morgan fingerprint density at radius 1 is 1.37 bits per heavy atom. The minimum absolute atomic E-state index is 0.168. The van der Waals surface area contributed by atoms with Crippen LogP contribution in [0.3, 0.4) is 0 Å². The average molecular weight is 262 g/mol. The van der Waals surface area contributed by atoms with Gasteiger partial charge in [-0.15, -0.1) is 0 Å². The first-order chi connectivity index (χ1) is 9.28. The molecule has 1 fully saturated rings. The van der Waals surface area contributed by atoms with E-state index in [9.17, 15) is 4.79 Å². The topological polar surface area (TPSA) is 66.0 Å². The number of aromatic nitrogens is 1. The summed E-state index contributed by atoms with van der Waals surface area (Å²) in [6.45, 7) is 3.15. The van der Waals surface area contributed by atoms with E-state index in [1.54, 1.807) is 6.20 Å². The maximum atomic E-state index is 11.5. The summed E-state index contributed by atoms with van der Waals surface area (Å²) in [5.41, 5.74) is 0.990. The molecule has 2 amide bonds. The van der Waals surface area contributed by atoms with Crippen molar-refractivity contribution in [1.82, 2.24) is 10.3 Å². The summed E-state index contributed by atoms with van der Waals surface area (Å²) >= 11 is 0. The van der Waals surface area contributed by atoms with Crippen LogP contribution in [0.15, 0.2) is 18.3 Å². The zero-order valence-corrected chi connectivity index (χ0v) is 11.4. The van der Waals surface area contributed by atoms with Crippen LogP contribution in [0, 0.1) is 0 Å². The standard InChI is InChI=1S/C14H22N4O/c1-2-3-4-9-15-12-7-8-13(16-10-12)18-14(19)17-11-5-6-11/h7-8,10-11,15H,2-6,9H2,1H3,(H2,16,17,18,19). The number of pyridine rings is 1. The van der Waals surface area contributed by atoms with Gasteiger partial charge in [-0.05, 0) is 31.4 Å². The van der Waals surface area contributed by atoms with Crippen LogP contribution >= 0.6 is 0 Å². The van der Waals surface area contributed by atoms with Crippen molar-refractivity contribution < 1.29 is 4.79 Å². The molecule has 0 spiro atoms. The molecule has 19 heavy (non-hydrogen) atoms. The number of nitrogens with zero attached hydrogens (tertiary/aromatic N) is 1. The van der Waals surface area contributed by atoms with Gasteiger partial charge < -0.3 is 10.6 Å². The van der Waals surface area contributed by atoms with Crippen LogP contribution in [-0.4, -0.2) is 23.6 Å². The number of rotatable bonds is 7. The second-order valence-electron chi connectivity index (χ2n) is 4.94. The number of amides is 2. The Hall–Kier alpha value is -1.78. The first-order valence-corrected chi connectivity index (χ1v) is 7.05. The fourth-order valence-electron chi connectivity index (χ4n) is 1.75. The molecular weight excluding hydrogens is 240 g/mol. The number of hydrogen-bond acceptors (Lipinski definition) is 3. The van der Waals surface area contributed by atoms with E-state index in [0.29, 0.717) is 11.9 Å². The highest BCUT2D eigenvalue weighted by atomic mass is 16.2. The smallest absolute Gasteiger partial charge is 0.320 e. The molecule has 0 atom stereocenters. The molecule has 5 heteroatoms. The lowest BCUT2D eigenvalue weighted by atomic mass is 10.2. The van der Waals surface area contributed by atoms with Gasteiger partial charge >= 0.3 is 6.03 Å². The van der Waals surface area contributed by atoms with E-state index in [-0.39, 0.29) is 6.03 Å². The second-order valence-corrected chi connectivity index (χ2v) is 4.94. The summed E-state index contributed by atoms with van der Waals surface area (Å²) in [7, 11) is 0. The van der Waals surface area contributed by atoms with Crippen LogP contribution in [0.25, 0.3) is 0 Å². The molecule has 1 saturated carbocycles. The molecule has 0 aliphatic heterocycles. The zero-order chi connectivity index (χ0) is 13.5. The van der Waals surface area contributed by atoms with Crippen LogP contribution in [0.5, 0.6) is 0 Å². The maximum Gasteiger partial charge on any atom is 0.320 e. The average Bonchev–Trinajstić information content (AvgIpc) is 3.20. The fraction of sp³-hybridized carbons (Fsp3) is 0.571. The third-order valence-corrected chi connectivity index (χ3v) is 3.03. The Balaban J connectivity index is 1.72. The summed E-state index contributed by atoms with van der Waals surface area (Å²) in [6.07, 6.45) is 7.54. The summed E-state index contributed by atoms with van der Waals surface area (Å²) in [6, 6.07) is 3.94. The van der Waals surface area contributed by atoms with Gasteiger partial charge in [0.2, 0.25) is 0 Å². The van der Waals surface area contributed by atoms with Crippen molar-refractivity contribution in [3.8, 4) is 0 Å². The van der Waals surface area contributed by atoms with E-state index in [4.69, 9.17) is 0 Å². The number of carbonyl (C=O) groups is 1. The monoisotopic (exact) mass is 262 g/mol. The van der Waals surface area contributed by atoms with E-state index >= 15 is 0 Å².